The van der Waals surface area contributed by atoms with E-state index < -0.39 is 6.04 Å². The number of rotatable bonds is 10. The van der Waals surface area contributed by atoms with Crippen LogP contribution in [0.4, 0.5) is 0 Å². The largest absolute Gasteiger partial charge is 0.350 e. The SMILES string of the molecule is O=C(NCc1ccncc1)[C@H](Cc1ccccc1)N(Cc1ccccc1)C(=O)Cc1ccc(Cl)cc1. The summed E-state index contributed by atoms with van der Waals surface area (Å²) >= 11 is 6.03. The number of nitrogens with one attached hydrogen (secondary N) is 1. The van der Waals surface area contributed by atoms with Gasteiger partial charge in [0.1, 0.15) is 6.04 Å². The molecule has 4 rings (SSSR count). The molecule has 0 fully saturated rings. The summed E-state index contributed by atoms with van der Waals surface area (Å²) in [6.45, 7) is 0.685. The molecule has 0 spiro atoms. The number of nitrogens with zero attached hydrogens (tertiary/aromatic N) is 2. The van der Waals surface area contributed by atoms with Gasteiger partial charge in [-0.2, -0.15) is 0 Å². The predicted molar refractivity (Wildman–Crippen MR) is 142 cm³/mol. The highest BCUT2D eigenvalue weighted by atomic mass is 35.5. The molecule has 6 heteroatoms. The van der Waals surface area contributed by atoms with Gasteiger partial charge in [-0.25, -0.2) is 0 Å². The fourth-order valence-corrected chi connectivity index (χ4v) is 4.15. The first-order valence-corrected chi connectivity index (χ1v) is 12.2. The molecular formula is C30H28ClN3O2. The van der Waals surface area contributed by atoms with Crippen LogP contribution in [0.25, 0.3) is 0 Å². The van der Waals surface area contributed by atoms with Crippen LogP contribution >= 0.6 is 11.6 Å². The minimum absolute atomic E-state index is 0.124. The lowest BCUT2D eigenvalue weighted by molar-refractivity contribution is -0.140. The summed E-state index contributed by atoms with van der Waals surface area (Å²) in [5.41, 5.74) is 3.73. The van der Waals surface area contributed by atoms with Crippen LogP contribution in [0, 0.1) is 0 Å². The molecule has 0 saturated carbocycles. The normalized spacial score (nSPS) is 11.5. The number of aromatic nitrogens is 1. The van der Waals surface area contributed by atoms with Gasteiger partial charge in [-0.05, 0) is 46.5 Å². The molecule has 1 atom stereocenters. The van der Waals surface area contributed by atoms with E-state index in [0.717, 1.165) is 22.3 Å². The van der Waals surface area contributed by atoms with Crippen molar-refractivity contribution >= 4 is 23.4 Å². The summed E-state index contributed by atoms with van der Waals surface area (Å²) in [6, 6.07) is 29.8. The lowest BCUT2D eigenvalue weighted by atomic mass is 10.0. The fourth-order valence-electron chi connectivity index (χ4n) is 4.02. The van der Waals surface area contributed by atoms with Crippen molar-refractivity contribution in [2.45, 2.75) is 32.0 Å². The molecule has 0 unspecified atom stereocenters. The van der Waals surface area contributed by atoms with E-state index in [1.165, 1.54) is 0 Å². The van der Waals surface area contributed by atoms with Gasteiger partial charge in [0.15, 0.2) is 0 Å². The Morgan fingerprint density at radius 2 is 1.36 bits per heavy atom. The van der Waals surface area contributed by atoms with E-state index in [-0.39, 0.29) is 18.2 Å². The summed E-state index contributed by atoms with van der Waals surface area (Å²) in [5, 5.41) is 3.65. The Hall–Kier alpha value is -3.96. The fraction of sp³-hybridized carbons (Fsp3) is 0.167. The molecule has 1 aromatic heterocycles. The number of halogens is 1. The molecule has 1 heterocycles. The molecule has 4 aromatic rings. The molecule has 3 aromatic carbocycles. The zero-order valence-corrected chi connectivity index (χ0v) is 20.6. The monoisotopic (exact) mass is 497 g/mol. The van der Waals surface area contributed by atoms with Gasteiger partial charge in [-0.1, -0.05) is 84.4 Å². The summed E-state index contributed by atoms with van der Waals surface area (Å²) in [7, 11) is 0. The Bertz CT molecular complexity index is 1250. The third-order valence-electron chi connectivity index (χ3n) is 5.95. The molecule has 0 aliphatic rings. The number of benzene rings is 3. The number of carbonyl (C=O) groups is 2. The number of hydrogen-bond acceptors (Lipinski definition) is 3. The number of hydrogen-bond donors (Lipinski definition) is 1. The first kappa shape index (κ1) is 25.1. The van der Waals surface area contributed by atoms with Crippen molar-refractivity contribution < 1.29 is 9.59 Å². The second-order valence-electron chi connectivity index (χ2n) is 8.59. The molecule has 5 nitrogen and oxygen atoms in total. The zero-order valence-electron chi connectivity index (χ0n) is 19.9. The van der Waals surface area contributed by atoms with E-state index in [2.05, 4.69) is 10.3 Å². The Morgan fingerprint density at radius 3 is 2.00 bits per heavy atom. The minimum atomic E-state index is -0.686. The van der Waals surface area contributed by atoms with Crippen LogP contribution in [-0.2, 0) is 35.5 Å². The molecule has 36 heavy (non-hydrogen) atoms. The van der Waals surface area contributed by atoms with Gasteiger partial charge in [0.2, 0.25) is 11.8 Å². The highest BCUT2D eigenvalue weighted by molar-refractivity contribution is 6.30. The van der Waals surface area contributed by atoms with Gasteiger partial charge in [-0.3, -0.25) is 14.6 Å². The van der Waals surface area contributed by atoms with Crippen molar-refractivity contribution in [1.29, 1.82) is 0 Å². The average Bonchev–Trinajstić information content (AvgIpc) is 2.92. The van der Waals surface area contributed by atoms with Crippen molar-refractivity contribution in [1.82, 2.24) is 15.2 Å². The maximum absolute atomic E-state index is 13.7. The van der Waals surface area contributed by atoms with Gasteiger partial charge in [0.25, 0.3) is 0 Å². The zero-order chi connectivity index (χ0) is 25.2. The number of amides is 2. The van der Waals surface area contributed by atoms with Crippen LogP contribution in [0.1, 0.15) is 22.3 Å². The van der Waals surface area contributed by atoms with Crippen molar-refractivity contribution in [2.24, 2.45) is 0 Å². The topological polar surface area (TPSA) is 62.3 Å². The lowest BCUT2D eigenvalue weighted by Gasteiger charge is -2.31. The van der Waals surface area contributed by atoms with E-state index in [1.807, 2.05) is 84.9 Å². The highest BCUT2D eigenvalue weighted by Crippen LogP contribution is 2.18. The van der Waals surface area contributed by atoms with Gasteiger partial charge >= 0.3 is 0 Å². The summed E-state index contributed by atoms with van der Waals surface area (Å²) in [6.07, 6.45) is 3.97. The van der Waals surface area contributed by atoms with Crippen molar-refractivity contribution in [3.05, 3.63) is 137 Å². The maximum atomic E-state index is 13.7. The molecule has 0 aliphatic carbocycles. The van der Waals surface area contributed by atoms with E-state index in [9.17, 15) is 9.59 Å². The van der Waals surface area contributed by atoms with Crippen LogP contribution in [0.15, 0.2) is 109 Å². The Labute approximate surface area is 216 Å². The molecule has 0 radical (unpaired) electrons. The smallest absolute Gasteiger partial charge is 0.243 e. The van der Waals surface area contributed by atoms with Crippen LogP contribution in [0.3, 0.4) is 0 Å². The average molecular weight is 498 g/mol. The van der Waals surface area contributed by atoms with Crippen molar-refractivity contribution in [3.8, 4) is 0 Å². The van der Waals surface area contributed by atoms with Gasteiger partial charge in [0.05, 0.1) is 6.42 Å². The lowest BCUT2D eigenvalue weighted by Crippen LogP contribution is -2.50. The molecule has 182 valence electrons. The van der Waals surface area contributed by atoms with E-state index >= 15 is 0 Å². The Balaban J connectivity index is 1.63. The first-order valence-electron chi connectivity index (χ1n) is 11.9. The molecule has 0 bridgehead atoms. The van der Waals surface area contributed by atoms with Crippen LogP contribution in [0.5, 0.6) is 0 Å². The second kappa shape index (κ2) is 12.7. The third kappa shape index (κ3) is 7.27. The minimum Gasteiger partial charge on any atom is -0.350 e. The quantitative estimate of drug-likeness (QED) is 0.326. The van der Waals surface area contributed by atoms with Crippen LogP contribution < -0.4 is 5.32 Å². The maximum Gasteiger partial charge on any atom is 0.243 e. The molecule has 0 aliphatic heterocycles. The van der Waals surface area contributed by atoms with Crippen LogP contribution in [0.2, 0.25) is 5.02 Å². The third-order valence-corrected chi connectivity index (χ3v) is 6.20. The second-order valence-corrected chi connectivity index (χ2v) is 9.03. The van der Waals surface area contributed by atoms with Crippen molar-refractivity contribution in [3.63, 3.8) is 0 Å². The molecular weight excluding hydrogens is 470 g/mol. The molecule has 1 N–H and O–H groups in total. The van der Waals surface area contributed by atoms with Gasteiger partial charge in [0, 0.05) is 36.9 Å². The molecule has 0 saturated heterocycles. The van der Waals surface area contributed by atoms with E-state index in [1.54, 1.807) is 29.4 Å². The standard InChI is InChI=1S/C30H28ClN3O2/c31-27-13-11-24(12-14-27)20-29(35)34(22-26-9-5-2-6-10-26)28(19-23-7-3-1-4-8-23)30(36)33-21-25-15-17-32-18-16-25/h1-18,28H,19-22H2,(H,33,36)/t28-/m0/s1. The summed E-state index contributed by atoms with van der Waals surface area (Å²) in [4.78, 5) is 33.1. The summed E-state index contributed by atoms with van der Waals surface area (Å²) < 4.78 is 0. The molecule has 2 amide bonds. The first-order chi connectivity index (χ1) is 17.6. The van der Waals surface area contributed by atoms with E-state index in [4.69, 9.17) is 11.6 Å². The van der Waals surface area contributed by atoms with Gasteiger partial charge in [-0.15, -0.1) is 0 Å². The highest BCUT2D eigenvalue weighted by Gasteiger charge is 2.30. The van der Waals surface area contributed by atoms with E-state index in [0.29, 0.717) is 24.5 Å². The van der Waals surface area contributed by atoms with Crippen molar-refractivity contribution in [2.75, 3.05) is 0 Å². The number of pyridine rings is 1. The predicted octanol–water partition coefficient (Wildman–Crippen LogP) is 5.23. The Morgan fingerprint density at radius 1 is 0.750 bits per heavy atom. The number of carbonyl (C=O) groups excluding carboxylic acids is 2. The van der Waals surface area contributed by atoms with Crippen LogP contribution in [-0.4, -0.2) is 27.7 Å². The Kier molecular flexibility index (Phi) is 8.84. The summed E-state index contributed by atoms with van der Waals surface area (Å²) in [5.74, 6) is -0.322. The van der Waals surface area contributed by atoms with Gasteiger partial charge < -0.3 is 10.2 Å².